The van der Waals surface area contributed by atoms with E-state index in [0.29, 0.717) is 44.9 Å². The molecule has 438 valence electrons. The summed E-state index contributed by atoms with van der Waals surface area (Å²) in [6.45, 7) is 15.8. The number of aliphatic hydroxyl groups excluding tert-OH is 10. The van der Waals surface area contributed by atoms with E-state index in [1.54, 1.807) is 13.8 Å². The first-order valence-corrected chi connectivity index (χ1v) is 27.4. The molecule has 77 heavy (non-hydrogen) atoms. The van der Waals surface area contributed by atoms with E-state index >= 15 is 0 Å². The minimum atomic E-state index is -2.09. The predicted molar refractivity (Wildman–Crippen MR) is 261 cm³/mol. The Kier molecular flexibility index (Phi) is 16.1. The smallest absolute Gasteiger partial charge is 0.335 e. The van der Waals surface area contributed by atoms with E-state index in [9.17, 15) is 70.6 Å². The van der Waals surface area contributed by atoms with Crippen molar-refractivity contribution in [1.82, 2.24) is 0 Å². The van der Waals surface area contributed by atoms with Gasteiger partial charge in [-0.1, -0.05) is 53.2 Å². The van der Waals surface area contributed by atoms with E-state index in [0.717, 1.165) is 0 Å². The van der Waals surface area contributed by atoms with E-state index in [2.05, 4.69) is 40.7 Å². The van der Waals surface area contributed by atoms with Crippen molar-refractivity contribution in [2.45, 2.75) is 224 Å². The van der Waals surface area contributed by atoms with Gasteiger partial charge in [-0.15, -0.1) is 0 Å². The average molecular weight is 1100 g/mol. The molecule has 0 spiro atoms. The summed E-state index contributed by atoms with van der Waals surface area (Å²) >= 11 is 0. The average Bonchev–Trinajstić information content (AvgIpc) is 3.93. The van der Waals surface area contributed by atoms with Crippen LogP contribution in [0.2, 0.25) is 0 Å². The van der Waals surface area contributed by atoms with Crippen molar-refractivity contribution in [3.8, 4) is 0 Å². The topological polar surface area (TPSA) is 357 Å². The summed E-state index contributed by atoms with van der Waals surface area (Å²) in [6, 6.07) is 0. The Balaban J connectivity index is 0.998. The molecule has 4 saturated heterocycles. The van der Waals surface area contributed by atoms with E-state index in [1.807, 2.05) is 6.92 Å². The number of esters is 2. The van der Waals surface area contributed by atoms with E-state index in [-0.39, 0.29) is 36.4 Å². The highest BCUT2D eigenvalue weighted by Gasteiger charge is 2.76. The number of carboxylic acid groups (broad SMARTS) is 1. The highest BCUT2D eigenvalue weighted by molar-refractivity contribution is 5.74. The first kappa shape index (κ1) is 59.1. The van der Waals surface area contributed by atoms with Crippen LogP contribution in [0.5, 0.6) is 0 Å². The fourth-order valence-electron chi connectivity index (χ4n) is 16.5. The molecule has 23 nitrogen and oxygen atoms in total. The molecule has 28 atom stereocenters. The number of carboxylic acids is 1. The first-order valence-electron chi connectivity index (χ1n) is 27.4. The maximum atomic E-state index is 13.6. The molecule has 2 bridgehead atoms. The molecule has 4 saturated carbocycles. The lowest BCUT2D eigenvalue weighted by Crippen LogP contribution is -2.69. The van der Waals surface area contributed by atoms with Crippen LogP contribution < -0.4 is 0 Å². The summed E-state index contributed by atoms with van der Waals surface area (Å²) < 4.78 is 54.3. The molecule has 0 aromatic carbocycles. The van der Waals surface area contributed by atoms with Gasteiger partial charge < -0.3 is 98.8 Å². The van der Waals surface area contributed by atoms with Crippen LogP contribution in [0.15, 0.2) is 11.6 Å². The van der Waals surface area contributed by atoms with Gasteiger partial charge in [0.05, 0.1) is 55.6 Å². The van der Waals surface area contributed by atoms with Gasteiger partial charge >= 0.3 is 17.9 Å². The molecule has 9 rings (SSSR count). The fourth-order valence-corrected chi connectivity index (χ4v) is 16.5. The Hall–Kier alpha value is -2.53. The minimum Gasteiger partial charge on any atom is -0.479 e. The van der Waals surface area contributed by atoms with Crippen LogP contribution in [-0.2, 0) is 57.0 Å². The van der Waals surface area contributed by atoms with E-state index in [1.165, 1.54) is 12.5 Å². The molecule has 11 N–H and O–H groups in total. The lowest BCUT2D eigenvalue weighted by atomic mass is 9.33. The maximum absolute atomic E-state index is 13.6. The van der Waals surface area contributed by atoms with E-state index in [4.69, 9.17) is 42.6 Å². The van der Waals surface area contributed by atoms with Gasteiger partial charge in [0, 0.05) is 12.3 Å². The number of carbonyl (C=O) groups excluding carboxylic acids is 2. The molecular weight excluding hydrogens is 1020 g/mol. The van der Waals surface area contributed by atoms with Crippen LogP contribution in [0.1, 0.15) is 107 Å². The fraction of sp³-hybridized carbons (Fsp3) is 0.907. The van der Waals surface area contributed by atoms with Gasteiger partial charge in [-0.05, 0) is 98.2 Å². The summed E-state index contributed by atoms with van der Waals surface area (Å²) in [5, 5.41) is 120. The third kappa shape index (κ3) is 9.25. The lowest BCUT2D eigenvalue weighted by molar-refractivity contribution is -0.387. The Morgan fingerprint density at radius 1 is 0.753 bits per heavy atom. The largest absolute Gasteiger partial charge is 0.479 e. The van der Waals surface area contributed by atoms with Crippen LogP contribution in [0.3, 0.4) is 0 Å². The molecule has 5 aliphatic carbocycles. The van der Waals surface area contributed by atoms with Gasteiger partial charge in [0.15, 0.2) is 25.0 Å². The third-order valence-corrected chi connectivity index (χ3v) is 21.3. The molecular formula is C54H84O23. The van der Waals surface area contributed by atoms with Crippen molar-refractivity contribution in [2.24, 2.45) is 56.2 Å². The summed E-state index contributed by atoms with van der Waals surface area (Å²) in [7, 11) is 0. The van der Waals surface area contributed by atoms with Gasteiger partial charge in [0.2, 0.25) is 0 Å². The normalized spacial score (nSPS) is 51.7. The van der Waals surface area contributed by atoms with Crippen molar-refractivity contribution < 1.29 is 113 Å². The second-order valence-corrected chi connectivity index (χ2v) is 25.8. The van der Waals surface area contributed by atoms with Gasteiger partial charge in [-0.2, -0.15) is 0 Å². The molecule has 0 aromatic heterocycles. The van der Waals surface area contributed by atoms with Crippen molar-refractivity contribution in [1.29, 1.82) is 0 Å². The summed E-state index contributed by atoms with van der Waals surface area (Å²) in [5.74, 6) is -3.82. The summed E-state index contributed by atoms with van der Waals surface area (Å²) in [5.41, 5.74) is -2.40. The van der Waals surface area contributed by atoms with Gasteiger partial charge in [0.1, 0.15) is 73.8 Å². The highest BCUT2D eigenvalue weighted by Crippen LogP contribution is 2.77. The second-order valence-electron chi connectivity index (χ2n) is 25.8. The molecule has 0 radical (unpaired) electrons. The number of hydrogen-bond donors (Lipinski definition) is 11. The number of fused-ring (bicyclic) bond motifs is 7. The van der Waals surface area contributed by atoms with Gasteiger partial charge in [-0.3, -0.25) is 9.59 Å². The molecule has 9 aliphatic rings. The Labute approximate surface area is 448 Å². The van der Waals surface area contributed by atoms with Gasteiger partial charge in [-0.25, -0.2) is 4.79 Å². The van der Waals surface area contributed by atoms with Crippen molar-refractivity contribution in [3.63, 3.8) is 0 Å². The maximum Gasteiger partial charge on any atom is 0.335 e. The number of aliphatic hydroxyl groups is 10. The second kappa shape index (κ2) is 21.0. The zero-order valence-corrected chi connectivity index (χ0v) is 45.5. The lowest BCUT2D eigenvalue weighted by Gasteiger charge is -2.71. The van der Waals surface area contributed by atoms with E-state index < -0.39 is 181 Å². The zero-order valence-electron chi connectivity index (χ0n) is 45.5. The Morgan fingerprint density at radius 3 is 2.08 bits per heavy atom. The SMILES string of the molecule is CC(=O)OC(C)C(C)C(=O)OCC12C3CC(C)(C)[C@H](O[C@@H]1C[C@]1(C)C3=CCC3C4(C)CCC(O[C@@H]5O[C@H](C(=O)O)[C@H](O[C@H]6O[C@H](CO)[C@@H](O)[C@H](O)[C@@H]6O)[C@H](O)[C@H]5O[C@@H]5OC[C@@H](O)[C@H](O)[C@@H]5O)[C@](C)(CO)C4CCC31C)C2O. The number of hydrogen-bond acceptors (Lipinski definition) is 22. The number of carbonyl (C=O) groups is 3. The standard InChI is InChI=1S/C54H84O23/c1-22(23(2)71-24(3)57)45(68)70-21-54-26-16-49(4,5)43(42(54)65)73-32(54)17-53(9)25(26)10-11-30-50(6)14-13-31(51(7,20-56)29(50)12-15-52(30,53)8)74-48-40(76-46-36(62)33(59)27(58)19-69-46)38(64)39(41(77-48)44(66)67)75-47-37(63)35(61)34(60)28(18-55)72-47/h10,22-23,26-43,46-48,55-56,58-65H,11-21H2,1-9H3,(H,66,67)/t22?,23?,26?,27-,28-,29?,30?,31?,32-,33+,34-,35+,36+,37+,38+,39-,40-,41+,42?,43-,46+,47-,48-,50?,51-,52?,53-,54?/m1/s1. The number of ether oxygens (including phenoxy) is 9. The quantitative estimate of drug-likeness (QED) is 0.0588. The van der Waals surface area contributed by atoms with Crippen LogP contribution in [0.25, 0.3) is 0 Å². The van der Waals surface area contributed by atoms with Crippen LogP contribution in [-0.4, -0.2) is 217 Å². The monoisotopic (exact) mass is 1100 g/mol. The first-order chi connectivity index (χ1) is 36.0. The highest BCUT2D eigenvalue weighted by atomic mass is 16.8. The third-order valence-electron chi connectivity index (χ3n) is 21.3. The van der Waals surface area contributed by atoms with Crippen molar-refractivity contribution in [2.75, 3.05) is 26.4 Å². The predicted octanol–water partition coefficient (Wildman–Crippen LogP) is -0.586. The molecule has 4 aliphatic heterocycles. The van der Waals surface area contributed by atoms with Crippen molar-refractivity contribution in [3.05, 3.63) is 11.6 Å². The zero-order chi connectivity index (χ0) is 56.4. The summed E-state index contributed by atoms with van der Waals surface area (Å²) in [4.78, 5) is 38.4. The Morgan fingerprint density at radius 2 is 1.43 bits per heavy atom. The summed E-state index contributed by atoms with van der Waals surface area (Å²) in [6.07, 6.45) is -22.8. The number of rotatable bonds is 14. The van der Waals surface area contributed by atoms with Crippen LogP contribution in [0.4, 0.5) is 0 Å². The number of allylic oxidation sites excluding steroid dienone is 2. The number of aliphatic carboxylic acids is 1. The van der Waals surface area contributed by atoms with Crippen molar-refractivity contribution >= 4 is 17.9 Å². The molecule has 10 unspecified atom stereocenters. The molecule has 0 aromatic rings. The van der Waals surface area contributed by atoms with Crippen LogP contribution >= 0.6 is 0 Å². The molecule has 8 fully saturated rings. The van der Waals surface area contributed by atoms with Crippen LogP contribution in [0, 0.1) is 56.2 Å². The minimum absolute atomic E-state index is 0.0482. The Bertz CT molecular complexity index is 2230. The molecule has 0 amide bonds. The molecule has 4 heterocycles. The molecule has 23 heteroatoms. The van der Waals surface area contributed by atoms with Gasteiger partial charge in [0.25, 0.3) is 0 Å².